The Morgan fingerprint density at radius 2 is 1.69 bits per heavy atom. The molecule has 32 heavy (non-hydrogen) atoms. The summed E-state index contributed by atoms with van der Waals surface area (Å²) in [6.07, 6.45) is 6.09. The Morgan fingerprint density at radius 3 is 2.28 bits per heavy atom. The van der Waals surface area contributed by atoms with Crippen molar-refractivity contribution >= 4 is 17.4 Å². The van der Waals surface area contributed by atoms with Gasteiger partial charge in [-0.1, -0.05) is 25.5 Å². The van der Waals surface area contributed by atoms with Crippen molar-refractivity contribution in [1.29, 1.82) is 0 Å². The average molecular weight is 436 g/mol. The minimum Gasteiger partial charge on any atom is -0.491 e. The van der Waals surface area contributed by atoms with Crippen LogP contribution in [0.25, 0.3) is 5.57 Å². The molecule has 0 N–H and O–H groups in total. The molecule has 2 heterocycles. The second kappa shape index (κ2) is 10.9. The van der Waals surface area contributed by atoms with Gasteiger partial charge in [0.1, 0.15) is 11.4 Å². The number of imide groups is 1. The van der Waals surface area contributed by atoms with Gasteiger partial charge < -0.3 is 9.64 Å². The fourth-order valence-electron chi connectivity index (χ4n) is 3.85. The van der Waals surface area contributed by atoms with E-state index in [1.54, 1.807) is 12.4 Å². The molecule has 0 saturated carbocycles. The number of hydrogen-bond acceptors (Lipinski definition) is 5. The molecule has 1 aromatic carbocycles. The zero-order valence-corrected chi connectivity index (χ0v) is 19.5. The highest BCUT2D eigenvalue weighted by atomic mass is 16.5. The summed E-state index contributed by atoms with van der Waals surface area (Å²) in [4.78, 5) is 34.3. The summed E-state index contributed by atoms with van der Waals surface area (Å²) in [5.74, 6) is 0.339. The van der Waals surface area contributed by atoms with Crippen molar-refractivity contribution in [1.82, 2.24) is 14.8 Å². The van der Waals surface area contributed by atoms with Crippen molar-refractivity contribution in [2.45, 2.75) is 53.1 Å². The van der Waals surface area contributed by atoms with Gasteiger partial charge in [0, 0.05) is 32.0 Å². The number of hydrogen-bond donors (Lipinski definition) is 0. The molecule has 0 saturated heterocycles. The van der Waals surface area contributed by atoms with Crippen LogP contribution in [0.1, 0.15) is 51.7 Å². The lowest BCUT2D eigenvalue weighted by atomic mass is 10.0. The van der Waals surface area contributed by atoms with Gasteiger partial charge in [0.25, 0.3) is 11.8 Å². The van der Waals surface area contributed by atoms with Crippen LogP contribution in [0.4, 0.5) is 0 Å². The van der Waals surface area contributed by atoms with Crippen LogP contribution in [-0.2, 0) is 16.0 Å². The summed E-state index contributed by atoms with van der Waals surface area (Å²) < 4.78 is 5.74. The van der Waals surface area contributed by atoms with Crippen LogP contribution >= 0.6 is 0 Å². The maximum absolute atomic E-state index is 13.4. The van der Waals surface area contributed by atoms with Crippen molar-refractivity contribution in [3.05, 3.63) is 65.6 Å². The van der Waals surface area contributed by atoms with Gasteiger partial charge in [-0.25, -0.2) is 0 Å². The van der Waals surface area contributed by atoms with E-state index in [1.807, 2.05) is 62.1 Å². The smallest absolute Gasteiger partial charge is 0.277 e. The monoisotopic (exact) mass is 435 g/mol. The molecule has 0 unspecified atom stereocenters. The van der Waals surface area contributed by atoms with E-state index in [4.69, 9.17) is 4.74 Å². The predicted molar refractivity (Wildman–Crippen MR) is 126 cm³/mol. The maximum atomic E-state index is 13.4. The normalized spacial score (nSPS) is 14.0. The third-order valence-corrected chi connectivity index (χ3v) is 5.51. The molecule has 0 radical (unpaired) electrons. The molecule has 2 amide bonds. The lowest BCUT2D eigenvalue weighted by Crippen LogP contribution is -2.36. The number of benzene rings is 1. The number of amides is 2. The first-order valence-corrected chi connectivity index (χ1v) is 11.5. The van der Waals surface area contributed by atoms with Crippen LogP contribution in [0.15, 0.2) is 54.5 Å². The summed E-state index contributed by atoms with van der Waals surface area (Å²) in [5.41, 5.74) is 2.88. The molecule has 0 aliphatic carbocycles. The molecular formula is C26H33N3O3. The third kappa shape index (κ3) is 5.36. The highest BCUT2D eigenvalue weighted by Gasteiger charge is 2.40. The zero-order valence-electron chi connectivity index (χ0n) is 19.5. The van der Waals surface area contributed by atoms with Crippen LogP contribution in [0.2, 0.25) is 0 Å². The van der Waals surface area contributed by atoms with Gasteiger partial charge in [-0.3, -0.25) is 19.5 Å². The molecule has 1 aliphatic rings. The Hall–Kier alpha value is -3.15. The Labute approximate surface area is 190 Å². The SMILES string of the molecule is CCCCN1C(=O)C(c2ccc(OC(C)C)cc2)=C(N(CC)CCc2ccncc2)C1=O. The molecule has 1 aromatic heterocycles. The van der Waals surface area contributed by atoms with E-state index in [9.17, 15) is 9.59 Å². The number of rotatable bonds is 11. The van der Waals surface area contributed by atoms with Crippen molar-refractivity contribution in [3.63, 3.8) is 0 Å². The molecule has 170 valence electrons. The van der Waals surface area contributed by atoms with Crippen molar-refractivity contribution in [2.75, 3.05) is 19.6 Å². The maximum Gasteiger partial charge on any atom is 0.277 e. The van der Waals surface area contributed by atoms with Crippen LogP contribution in [0, 0.1) is 0 Å². The van der Waals surface area contributed by atoms with Gasteiger partial charge in [-0.15, -0.1) is 0 Å². The molecule has 3 rings (SSSR count). The number of likely N-dealkylation sites (N-methyl/N-ethyl adjacent to an activating group) is 1. The van der Waals surface area contributed by atoms with Gasteiger partial charge in [0.2, 0.25) is 0 Å². The molecule has 2 aromatic rings. The first kappa shape index (κ1) is 23.5. The Bertz CT molecular complexity index is 952. The number of aromatic nitrogens is 1. The Balaban J connectivity index is 1.95. The summed E-state index contributed by atoms with van der Waals surface area (Å²) in [5, 5.41) is 0. The molecule has 0 spiro atoms. The molecular weight excluding hydrogens is 402 g/mol. The van der Waals surface area contributed by atoms with Crippen molar-refractivity contribution in [3.8, 4) is 5.75 Å². The third-order valence-electron chi connectivity index (χ3n) is 5.51. The number of ether oxygens (including phenoxy) is 1. The number of carbonyl (C=O) groups excluding carboxylic acids is 2. The van der Waals surface area contributed by atoms with Crippen LogP contribution in [0.3, 0.4) is 0 Å². The van der Waals surface area contributed by atoms with E-state index in [0.717, 1.165) is 36.1 Å². The van der Waals surface area contributed by atoms with E-state index in [-0.39, 0.29) is 17.9 Å². The highest BCUT2D eigenvalue weighted by molar-refractivity contribution is 6.35. The minimum atomic E-state index is -0.210. The lowest BCUT2D eigenvalue weighted by molar-refractivity contribution is -0.137. The average Bonchev–Trinajstić information content (AvgIpc) is 3.03. The van der Waals surface area contributed by atoms with Gasteiger partial charge >= 0.3 is 0 Å². The quantitative estimate of drug-likeness (QED) is 0.492. The van der Waals surface area contributed by atoms with E-state index >= 15 is 0 Å². The molecule has 0 fully saturated rings. The number of nitrogens with zero attached hydrogens (tertiary/aromatic N) is 3. The minimum absolute atomic E-state index is 0.0682. The van der Waals surface area contributed by atoms with Crippen molar-refractivity contribution in [2.24, 2.45) is 0 Å². The van der Waals surface area contributed by atoms with E-state index in [2.05, 4.69) is 11.9 Å². The van der Waals surface area contributed by atoms with Crippen LogP contribution in [-0.4, -0.2) is 52.3 Å². The number of carbonyl (C=O) groups is 2. The predicted octanol–water partition coefficient (Wildman–Crippen LogP) is 4.31. The summed E-state index contributed by atoms with van der Waals surface area (Å²) >= 11 is 0. The number of pyridine rings is 1. The van der Waals surface area contributed by atoms with Crippen LogP contribution in [0.5, 0.6) is 5.75 Å². The molecule has 0 atom stereocenters. The first-order valence-electron chi connectivity index (χ1n) is 11.5. The van der Waals surface area contributed by atoms with E-state index < -0.39 is 0 Å². The van der Waals surface area contributed by atoms with Gasteiger partial charge in [0.15, 0.2) is 0 Å². The standard InChI is InChI=1S/C26H33N3O3/c1-5-7-17-29-25(30)23(21-8-10-22(11-9-21)32-19(3)4)24(26(29)31)28(6-2)18-14-20-12-15-27-16-13-20/h8-13,15-16,19H,5-7,14,17-18H2,1-4H3. The van der Waals surface area contributed by atoms with Gasteiger partial charge in [-0.2, -0.15) is 0 Å². The second-order valence-electron chi connectivity index (χ2n) is 8.22. The van der Waals surface area contributed by atoms with E-state index in [1.165, 1.54) is 4.90 Å². The van der Waals surface area contributed by atoms with Crippen molar-refractivity contribution < 1.29 is 14.3 Å². The largest absolute Gasteiger partial charge is 0.491 e. The summed E-state index contributed by atoms with van der Waals surface area (Å²) in [6, 6.07) is 11.4. The topological polar surface area (TPSA) is 62.7 Å². The lowest BCUT2D eigenvalue weighted by Gasteiger charge is -2.25. The van der Waals surface area contributed by atoms with Crippen LogP contribution < -0.4 is 4.74 Å². The number of unbranched alkanes of at least 4 members (excludes halogenated alkanes) is 1. The Morgan fingerprint density at radius 1 is 1.00 bits per heavy atom. The first-order chi connectivity index (χ1) is 15.5. The zero-order chi connectivity index (χ0) is 23.1. The fraction of sp³-hybridized carbons (Fsp3) is 0.423. The molecule has 0 bridgehead atoms. The highest BCUT2D eigenvalue weighted by Crippen LogP contribution is 2.33. The molecule has 1 aliphatic heterocycles. The fourth-order valence-corrected chi connectivity index (χ4v) is 3.85. The summed E-state index contributed by atoms with van der Waals surface area (Å²) in [7, 11) is 0. The Kier molecular flexibility index (Phi) is 8.03. The summed E-state index contributed by atoms with van der Waals surface area (Å²) in [6.45, 7) is 9.75. The van der Waals surface area contributed by atoms with E-state index in [0.29, 0.717) is 30.9 Å². The molecule has 6 heteroatoms. The second-order valence-corrected chi connectivity index (χ2v) is 8.22. The molecule has 6 nitrogen and oxygen atoms in total. The van der Waals surface area contributed by atoms with Gasteiger partial charge in [0.05, 0.1) is 11.7 Å². The van der Waals surface area contributed by atoms with Gasteiger partial charge in [-0.05, 0) is 69.0 Å².